The predicted octanol–water partition coefficient (Wildman–Crippen LogP) is 6.57. The van der Waals surface area contributed by atoms with Gasteiger partial charge in [-0.15, -0.1) is 0 Å². The zero-order valence-corrected chi connectivity index (χ0v) is 16.3. The van der Waals surface area contributed by atoms with Crippen LogP contribution in [0.4, 0.5) is 8.78 Å². The summed E-state index contributed by atoms with van der Waals surface area (Å²) in [6.07, 6.45) is 11.0. The summed E-state index contributed by atoms with van der Waals surface area (Å²) in [5.74, 6) is -0.271. The van der Waals surface area contributed by atoms with Gasteiger partial charge in [-0.05, 0) is 62.4 Å². The smallest absolute Gasteiger partial charge is 0.201 e. The molecule has 0 radical (unpaired) electrons. The molecule has 0 saturated heterocycles. The van der Waals surface area contributed by atoms with E-state index in [1.54, 1.807) is 31.2 Å². The first-order chi connectivity index (χ1) is 13.6. The van der Waals surface area contributed by atoms with E-state index in [1.165, 1.54) is 12.1 Å². The first-order valence-corrected chi connectivity index (χ1v) is 9.77. The molecule has 28 heavy (non-hydrogen) atoms. The molecule has 0 spiro atoms. The molecule has 4 heteroatoms. The molecule has 1 aliphatic rings. The lowest BCUT2D eigenvalue weighted by molar-refractivity contribution is 0.259. The highest BCUT2D eigenvalue weighted by Gasteiger charge is 2.16. The molecule has 1 aliphatic carbocycles. The van der Waals surface area contributed by atoms with Crippen molar-refractivity contribution in [3.8, 4) is 22.6 Å². The minimum absolute atomic E-state index is 0.0686. The number of hydrogen-bond donors (Lipinski definition) is 0. The fourth-order valence-electron chi connectivity index (χ4n) is 3.40. The standard InChI is InChI=1S/C24H26F2O2/c1-3-5-17-6-8-18(9-7-17)16-28-20-12-10-19(11-13-20)21-14-15-22(27-4-2)24(26)23(21)25/h3,5-6,8,10-15,17-18H,4,7,9,16H2,1-2H3. The highest BCUT2D eigenvalue weighted by molar-refractivity contribution is 5.66. The predicted molar refractivity (Wildman–Crippen MR) is 109 cm³/mol. The van der Waals surface area contributed by atoms with Crippen LogP contribution in [-0.4, -0.2) is 13.2 Å². The van der Waals surface area contributed by atoms with Crippen molar-refractivity contribution >= 4 is 0 Å². The Kier molecular flexibility index (Phi) is 6.85. The van der Waals surface area contributed by atoms with Crippen molar-refractivity contribution in [2.45, 2.75) is 26.7 Å². The molecule has 2 aromatic carbocycles. The molecule has 2 atom stereocenters. The van der Waals surface area contributed by atoms with Gasteiger partial charge in [-0.25, -0.2) is 4.39 Å². The Balaban J connectivity index is 1.63. The largest absolute Gasteiger partial charge is 0.493 e. The Hall–Kier alpha value is -2.62. The average molecular weight is 384 g/mol. The normalized spacial score (nSPS) is 19.1. The lowest BCUT2D eigenvalue weighted by Crippen LogP contribution is -2.14. The Morgan fingerprint density at radius 1 is 0.964 bits per heavy atom. The molecule has 148 valence electrons. The number of halogens is 2. The maximum atomic E-state index is 14.4. The molecule has 0 N–H and O–H groups in total. The summed E-state index contributed by atoms with van der Waals surface area (Å²) in [7, 11) is 0. The third-order valence-corrected chi connectivity index (χ3v) is 4.92. The summed E-state index contributed by atoms with van der Waals surface area (Å²) in [5.41, 5.74) is 0.802. The molecule has 2 nitrogen and oxygen atoms in total. The number of allylic oxidation sites excluding steroid dienone is 3. The number of benzene rings is 2. The molecule has 0 aliphatic heterocycles. The van der Waals surface area contributed by atoms with Gasteiger partial charge >= 0.3 is 0 Å². The van der Waals surface area contributed by atoms with Gasteiger partial charge in [-0.3, -0.25) is 0 Å². The van der Waals surface area contributed by atoms with E-state index in [1.807, 2.05) is 6.92 Å². The molecule has 0 amide bonds. The van der Waals surface area contributed by atoms with Crippen molar-refractivity contribution in [2.24, 2.45) is 11.8 Å². The van der Waals surface area contributed by atoms with Gasteiger partial charge in [0.2, 0.25) is 5.82 Å². The molecule has 0 aromatic heterocycles. The topological polar surface area (TPSA) is 18.5 Å². The van der Waals surface area contributed by atoms with E-state index in [9.17, 15) is 8.78 Å². The molecule has 0 fully saturated rings. The zero-order valence-electron chi connectivity index (χ0n) is 16.3. The van der Waals surface area contributed by atoms with Gasteiger partial charge in [0, 0.05) is 11.5 Å². The molecular weight excluding hydrogens is 358 g/mol. The third kappa shape index (κ3) is 4.80. The fourth-order valence-corrected chi connectivity index (χ4v) is 3.40. The van der Waals surface area contributed by atoms with Gasteiger partial charge in [0.25, 0.3) is 0 Å². The van der Waals surface area contributed by atoms with Crippen LogP contribution in [-0.2, 0) is 0 Å². The van der Waals surface area contributed by atoms with E-state index in [2.05, 4.69) is 24.3 Å². The minimum atomic E-state index is -0.958. The van der Waals surface area contributed by atoms with Gasteiger partial charge in [-0.2, -0.15) is 4.39 Å². The number of hydrogen-bond acceptors (Lipinski definition) is 2. The Labute approximate surface area is 165 Å². The first-order valence-electron chi connectivity index (χ1n) is 9.77. The van der Waals surface area contributed by atoms with Crippen molar-refractivity contribution in [3.63, 3.8) is 0 Å². The van der Waals surface area contributed by atoms with Crippen LogP contribution in [0, 0.1) is 23.5 Å². The van der Waals surface area contributed by atoms with E-state index in [4.69, 9.17) is 9.47 Å². The molecular formula is C24H26F2O2. The maximum absolute atomic E-state index is 14.4. The Morgan fingerprint density at radius 3 is 2.39 bits per heavy atom. The van der Waals surface area contributed by atoms with Crippen LogP contribution in [0.25, 0.3) is 11.1 Å². The summed E-state index contributed by atoms with van der Waals surface area (Å²) in [5, 5.41) is 0. The second-order valence-corrected chi connectivity index (χ2v) is 6.92. The van der Waals surface area contributed by atoms with E-state index >= 15 is 0 Å². The summed E-state index contributed by atoms with van der Waals surface area (Å²) in [6.45, 7) is 4.67. The van der Waals surface area contributed by atoms with E-state index in [0.717, 1.165) is 18.6 Å². The van der Waals surface area contributed by atoms with Crippen LogP contribution >= 0.6 is 0 Å². The second kappa shape index (κ2) is 9.54. The van der Waals surface area contributed by atoms with Gasteiger partial charge in [0.15, 0.2) is 11.6 Å². The second-order valence-electron chi connectivity index (χ2n) is 6.92. The third-order valence-electron chi connectivity index (χ3n) is 4.92. The van der Waals surface area contributed by atoms with Crippen LogP contribution in [0.3, 0.4) is 0 Å². The molecule has 0 saturated carbocycles. The van der Waals surface area contributed by atoms with Crippen molar-refractivity contribution in [1.29, 1.82) is 0 Å². The average Bonchev–Trinajstić information content (AvgIpc) is 2.72. The van der Waals surface area contributed by atoms with Crippen molar-refractivity contribution in [1.82, 2.24) is 0 Å². The van der Waals surface area contributed by atoms with Crippen LogP contribution < -0.4 is 9.47 Å². The van der Waals surface area contributed by atoms with E-state index in [0.29, 0.717) is 24.0 Å². The zero-order chi connectivity index (χ0) is 19.9. The lowest BCUT2D eigenvalue weighted by Gasteiger charge is -2.21. The number of rotatable bonds is 7. The molecule has 0 heterocycles. The summed E-state index contributed by atoms with van der Waals surface area (Å²) < 4.78 is 39.4. The van der Waals surface area contributed by atoms with Crippen LogP contribution in [0.2, 0.25) is 0 Å². The quantitative estimate of drug-likeness (QED) is 0.503. The maximum Gasteiger partial charge on any atom is 0.201 e. The molecule has 0 bridgehead atoms. The minimum Gasteiger partial charge on any atom is -0.493 e. The van der Waals surface area contributed by atoms with Crippen LogP contribution in [0.5, 0.6) is 11.5 Å². The highest BCUT2D eigenvalue weighted by Crippen LogP contribution is 2.31. The molecule has 2 unspecified atom stereocenters. The molecule has 3 rings (SSSR count). The fraction of sp³-hybridized carbons (Fsp3) is 0.333. The SMILES string of the molecule is CC=CC1C=CC(COc2ccc(-c3ccc(OCC)c(F)c3F)cc2)CC1. The summed E-state index contributed by atoms with van der Waals surface area (Å²) in [6, 6.07) is 10.1. The molecule has 2 aromatic rings. The Bertz CT molecular complexity index is 840. The Morgan fingerprint density at radius 2 is 1.75 bits per heavy atom. The number of ether oxygens (including phenoxy) is 2. The highest BCUT2D eigenvalue weighted by atomic mass is 19.2. The van der Waals surface area contributed by atoms with Crippen molar-refractivity contribution in [3.05, 3.63) is 72.3 Å². The van der Waals surface area contributed by atoms with Crippen LogP contribution in [0.15, 0.2) is 60.7 Å². The first kappa shape index (κ1) is 20.1. The van der Waals surface area contributed by atoms with Crippen LogP contribution in [0.1, 0.15) is 26.7 Å². The van der Waals surface area contributed by atoms with Gasteiger partial charge in [-0.1, -0.05) is 36.4 Å². The van der Waals surface area contributed by atoms with E-state index < -0.39 is 11.6 Å². The lowest BCUT2D eigenvalue weighted by atomic mass is 9.89. The van der Waals surface area contributed by atoms with E-state index in [-0.39, 0.29) is 17.9 Å². The van der Waals surface area contributed by atoms with Gasteiger partial charge in [0.1, 0.15) is 5.75 Å². The van der Waals surface area contributed by atoms with Crippen molar-refractivity contribution in [2.75, 3.05) is 13.2 Å². The van der Waals surface area contributed by atoms with Gasteiger partial charge < -0.3 is 9.47 Å². The monoisotopic (exact) mass is 384 g/mol. The summed E-state index contributed by atoms with van der Waals surface area (Å²) >= 11 is 0. The van der Waals surface area contributed by atoms with Crippen molar-refractivity contribution < 1.29 is 18.3 Å². The summed E-state index contributed by atoms with van der Waals surface area (Å²) in [4.78, 5) is 0. The van der Waals surface area contributed by atoms with Gasteiger partial charge in [0.05, 0.1) is 13.2 Å².